The van der Waals surface area contributed by atoms with E-state index in [2.05, 4.69) is 36.2 Å². The van der Waals surface area contributed by atoms with E-state index < -0.39 is 0 Å². The van der Waals surface area contributed by atoms with Gasteiger partial charge >= 0.3 is 0 Å². The molecule has 2 aromatic heterocycles. The summed E-state index contributed by atoms with van der Waals surface area (Å²) >= 11 is 0. The van der Waals surface area contributed by atoms with E-state index in [1.54, 1.807) is 12.3 Å². The molecule has 0 atom stereocenters. The molecule has 0 saturated heterocycles. The van der Waals surface area contributed by atoms with Gasteiger partial charge in [0.1, 0.15) is 0 Å². The molecule has 124 valence electrons. The fourth-order valence-corrected chi connectivity index (χ4v) is 2.46. The summed E-state index contributed by atoms with van der Waals surface area (Å²) in [7, 11) is 0. The maximum Gasteiger partial charge on any atom is 0.272 e. The normalized spacial score (nSPS) is 11.6. The third-order valence-electron chi connectivity index (χ3n) is 3.88. The molecule has 24 heavy (non-hydrogen) atoms. The van der Waals surface area contributed by atoms with Crippen LogP contribution >= 0.6 is 0 Å². The number of nitrogens with zero attached hydrogens (tertiary/aromatic N) is 2. The molecular formula is C18H20N4O2. The van der Waals surface area contributed by atoms with Crippen LogP contribution in [0.3, 0.4) is 0 Å². The van der Waals surface area contributed by atoms with Gasteiger partial charge in [-0.15, -0.1) is 0 Å². The van der Waals surface area contributed by atoms with Gasteiger partial charge in [0, 0.05) is 23.9 Å². The minimum Gasteiger partial charge on any atom is -0.346 e. The molecule has 0 unspecified atom stereocenters. The Morgan fingerprint density at radius 3 is 2.58 bits per heavy atom. The summed E-state index contributed by atoms with van der Waals surface area (Å²) in [6.07, 6.45) is 1.64. The van der Waals surface area contributed by atoms with Crippen molar-refractivity contribution in [3.8, 4) is 0 Å². The number of amides is 1. The highest BCUT2D eigenvalue weighted by atomic mass is 16.1. The van der Waals surface area contributed by atoms with E-state index in [1.807, 2.05) is 24.3 Å². The molecule has 0 aliphatic carbocycles. The molecule has 0 bridgehead atoms. The van der Waals surface area contributed by atoms with Crippen LogP contribution in [0, 0.1) is 0 Å². The number of aromatic amines is 1. The number of nitrogens with one attached hydrogen (secondary N) is 2. The molecule has 6 heteroatoms. The first kappa shape index (κ1) is 16.0. The second-order valence-electron chi connectivity index (χ2n) is 6.75. The van der Waals surface area contributed by atoms with E-state index >= 15 is 0 Å². The maximum atomic E-state index is 12.2. The Morgan fingerprint density at radius 2 is 1.92 bits per heavy atom. The predicted octanol–water partition coefficient (Wildman–Crippen LogP) is 2.25. The van der Waals surface area contributed by atoms with E-state index in [4.69, 9.17) is 0 Å². The first-order valence-corrected chi connectivity index (χ1v) is 7.79. The molecule has 1 aromatic carbocycles. The largest absolute Gasteiger partial charge is 0.346 e. The Bertz CT molecular complexity index is 930. The lowest BCUT2D eigenvalue weighted by molar-refractivity contribution is 0.0950. The van der Waals surface area contributed by atoms with Gasteiger partial charge in [0.15, 0.2) is 5.65 Å². The first-order valence-electron chi connectivity index (χ1n) is 7.79. The molecule has 0 aliphatic heterocycles. The van der Waals surface area contributed by atoms with Gasteiger partial charge in [0.05, 0.1) is 12.2 Å². The van der Waals surface area contributed by atoms with Crippen LogP contribution in [0.4, 0.5) is 0 Å². The van der Waals surface area contributed by atoms with Crippen molar-refractivity contribution in [1.29, 1.82) is 0 Å². The lowest BCUT2D eigenvalue weighted by atomic mass is 9.87. The second kappa shape index (κ2) is 5.96. The zero-order valence-electron chi connectivity index (χ0n) is 14.0. The van der Waals surface area contributed by atoms with Crippen molar-refractivity contribution in [1.82, 2.24) is 19.9 Å². The first-order chi connectivity index (χ1) is 11.3. The van der Waals surface area contributed by atoms with Crippen LogP contribution < -0.4 is 10.9 Å². The molecule has 2 N–H and O–H groups in total. The van der Waals surface area contributed by atoms with Crippen LogP contribution in [0.1, 0.15) is 42.4 Å². The molecule has 0 radical (unpaired) electrons. The number of carbonyl (C=O) groups excluding carboxylic acids is 1. The van der Waals surface area contributed by atoms with E-state index in [0.29, 0.717) is 16.9 Å². The molecule has 0 saturated carbocycles. The van der Waals surface area contributed by atoms with E-state index in [9.17, 15) is 9.59 Å². The topological polar surface area (TPSA) is 79.3 Å². The van der Waals surface area contributed by atoms with E-state index in [-0.39, 0.29) is 23.4 Å². The van der Waals surface area contributed by atoms with Gasteiger partial charge in [-0.25, -0.2) is 9.50 Å². The SMILES string of the molecule is CC(C)(C)c1ccc(C(=O)NCc2cc(=O)n3[nH]ccc3n2)cc1. The van der Waals surface area contributed by atoms with Crippen LogP contribution in [0.2, 0.25) is 0 Å². The minimum absolute atomic E-state index is 0.0487. The molecule has 0 aliphatic rings. The van der Waals surface area contributed by atoms with Crippen molar-refractivity contribution in [2.45, 2.75) is 32.7 Å². The molecular weight excluding hydrogens is 304 g/mol. The fraction of sp³-hybridized carbons (Fsp3) is 0.278. The summed E-state index contributed by atoms with van der Waals surface area (Å²) in [5.41, 5.74) is 2.66. The highest BCUT2D eigenvalue weighted by molar-refractivity contribution is 5.94. The van der Waals surface area contributed by atoms with E-state index in [0.717, 1.165) is 0 Å². The number of H-pyrrole nitrogens is 1. The molecule has 0 spiro atoms. The van der Waals surface area contributed by atoms with Gasteiger partial charge in [-0.3, -0.25) is 14.7 Å². The number of hydrogen-bond donors (Lipinski definition) is 2. The van der Waals surface area contributed by atoms with Gasteiger partial charge in [0.25, 0.3) is 11.5 Å². The predicted molar refractivity (Wildman–Crippen MR) is 92.1 cm³/mol. The van der Waals surface area contributed by atoms with Gasteiger partial charge in [-0.2, -0.15) is 0 Å². The van der Waals surface area contributed by atoms with Crippen LogP contribution in [0.15, 0.2) is 47.4 Å². The highest BCUT2D eigenvalue weighted by Gasteiger charge is 2.14. The minimum atomic E-state index is -0.205. The van der Waals surface area contributed by atoms with Crippen molar-refractivity contribution in [2.75, 3.05) is 0 Å². The Hall–Kier alpha value is -2.89. The molecule has 1 amide bonds. The van der Waals surface area contributed by atoms with Gasteiger partial charge in [-0.1, -0.05) is 32.9 Å². The molecule has 6 nitrogen and oxygen atoms in total. The van der Waals surface area contributed by atoms with Gasteiger partial charge in [0.2, 0.25) is 0 Å². The number of benzene rings is 1. The summed E-state index contributed by atoms with van der Waals surface area (Å²) in [5.74, 6) is -0.188. The Kier molecular flexibility index (Phi) is 3.97. The zero-order valence-corrected chi connectivity index (χ0v) is 14.0. The van der Waals surface area contributed by atoms with Crippen molar-refractivity contribution in [2.24, 2.45) is 0 Å². The average molecular weight is 324 g/mol. The summed E-state index contributed by atoms with van der Waals surface area (Å²) in [5, 5.41) is 5.58. The summed E-state index contributed by atoms with van der Waals surface area (Å²) in [4.78, 5) is 28.5. The Labute approximate surface area is 139 Å². The number of hydrogen-bond acceptors (Lipinski definition) is 3. The van der Waals surface area contributed by atoms with Gasteiger partial charge in [-0.05, 0) is 23.1 Å². The Morgan fingerprint density at radius 1 is 1.21 bits per heavy atom. The standard InChI is InChI=1S/C18H20N4O2/c1-18(2,3)13-6-4-12(5-7-13)17(24)19-11-14-10-16(23)22-15(21-14)8-9-20-22/h4-10,20H,11H2,1-3H3,(H,19,24). The Balaban J connectivity index is 1.71. The van der Waals surface area contributed by atoms with Crippen molar-refractivity contribution >= 4 is 11.6 Å². The quantitative estimate of drug-likeness (QED) is 0.775. The summed E-state index contributed by atoms with van der Waals surface area (Å²) in [6, 6.07) is 10.7. The average Bonchev–Trinajstić information content (AvgIpc) is 3.01. The maximum absolute atomic E-state index is 12.2. The van der Waals surface area contributed by atoms with Gasteiger partial charge < -0.3 is 5.32 Å². The van der Waals surface area contributed by atoms with Crippen LogP contribution in [0.25, 0.3) is 5.65 Å². The van der Waals surface area contributed by atoms with E-state index in [1.165, 1.54) is 16.1 Å². The third kappa shape index (κ3) is 3.22. The van der Waals surface area contributed by atoms with Crippen molar-refractivity contribution < 1.29 is 4.79 Å². The number of aromatic nitrogens is 3. The van der Waals surface area contributed by atoms with Crippen molar-refractivity contribution in [3.63, 3.8) is 0 Å². The number of fused-ring (bicyclic) bond motifs is 1. The summed E-state index contributed by atoms with van der Waals surface area (Å²) < 4.78 is 1.34. The lowest BCUT2D eigenvalue weighted by Crippen LogP contribution is -2.25. The molecule has 3 rings (SSSR count). The fourth-order valence-electron chi connectivity index (χ4n) is 2.46. The van der Waals surface area contributed by atoms with Crippen LogP contribution in [-0.4, -0.2) is 20.5 Å². The zero-order chi connectivity index (χ0) is 17.3. The lowest BCUT2D eigenvalue weighted by Gasteiger charge is -2.19. The number of rotatable bonds is 3. The monoisotopic (exact) mass is 324 g/mol. The number of carbonyl (C=O) groups is 1. The van der Waals surface area contributed by atoms with Crippen LogP contribution in [-0.2, 0) is 12.0 Å². The molecule has 0 fully saturated rings. The second-order valence-corrected chi connectivity index (χ2v) is 6.75. The summed E-state index contributed by atoms with van der Waals surface area (Å²) in [6.45, 7) is 6.59. The van der Waals surface area contributed by atoms with Crippen LogP contribution in [0.5, 0.6) is 0 Å². The smallest absolute Gasteiger partial charge is 0.272 e. The third-order valence-corrected chi connectivity index (χ3v) is 3.88. The molecule has 2 heterocycles. The van der Waals surface area contributed by atoms with Crippen molar-refractivity contribution in [3.05, 3.63) is 69.8 Å². The highest BCUT2D eigenvalue weighted by Crippen LogP contribution is 2.22. The molecule has 3 aromatic rings.